The number of para-hydroxylation sites is 1. The first-order valence-corrected chi connectivity index (χ1v) is 22.4. The van der Waals surface area contributed by atoms with Gasteiger partial charge in [0.05, 0.1) is 11.1 Å². The standard InChI is InChI=1S/C63H49N/c1-62(2,3)47-38-42-51(43-39-47)64(59-35-16-14-28-54(59)55-32-18-23-46-22-17-30-52(60(46)55)44-20-7-4-8-21-44)50-40-36-45(37-41-50)53-31-19-34-58-61(53)56-29-13-15-33-57(56)63(58,48-24-9-5-10-25-48)49-26-11-6-12-27-49/h4-43H,1-3H3. The lowest BCUT2D eigenvalue weighted by atomic mass is 9.67. The third-order valence-corrected chi connectivity index (χ3v) is 13.3. The molecule has 0 radical (unpaired) electrons. The Hall–Kier alpha value is -7.74. The van der Waals surface area contributed by atoms with Crippen molar-refractivity contribution in [1.82, 2.24) is 0 Å². The molecule has 0 aliphatic heterocycles. The molecule has 11 rings (SSSR count). The first kappa shape index (κ1) is 39.1. The molecule has 0 saturated carbocycles. The van der Waals surface area contributed by atoms with Gasteiger partial charge in [-0.1, -0.05) is 233 Å². The van der Waals surface area contributed by atoms with E-state index in [4.69, 9.17) is 0 Å². The van der Waals surface area contributed by atoms with Crippen LogP contribution in [0.15, 0.2) is 243 Å². The molecule has 0 heterocycles. The fraction of sp³-hybridized carbons (Fsp3) is 0.0794. The van der Waals surface area contributed by atoms with Crippen LogP contribution in [0.4, 0.5) is 17.1 Å². The van der Waals surface area contributed by atoms with Crippen LogP contribution < -0.4 is 4.90 Å². The Morgan fingerprint density at radius 3 is 1.45 bits per heavy atom. The van der Waals surface area contributed by atoms with E-state index >= 15 is 0 Å². The lowest BCUT2D eigenvalue weighted by molar-refractivity contribution is 0.590. The summed E-state index contributed by atoms with van der Waals surface area (Å²) >= 11 is 0. The van der Waals surface area contributed by atoms with Crippen LogP contribution in [0.1, 0.15) is 48.6 Å². The van der Waals surface area contributed by atoms with Crippen molar-refractivity contribution in [3.8, 4) is 44.5 Å². The second-order valence-corrected chi connectivity index (χ2v) is 18.0. The van der Waals surface area contributed by atoms with Crippen LogP contribution in [-0.2, 0) is 10.8 Å². The predicted octanol–water partition coefficient (Wildman–Crippen LogP) is 17.0. The highest BCUT2D eigenvalue weighted by atomic mass is 15.1. The van der Waals surface area contributed by atoms with Gasteiger partial charge in [-0.3, -0.25) is 0 Å². The molecule has 0 unspecified atom stereocenters. The van der Waals surface area contributed by atoms with Gasteiger partial charge in [0.25, 0.3) is 0 Å². The van der Waals surface area contributed by atoms with Gasteiger partial charge >= 0.3 is 0 Å². The highest BCUT2D eigenvalue weighted by molar-refractivity contribution is 6.09. The van der Waals surface area contributed by atoms with E-state index in [1.165, 1.54) is 83.1 Å². The van der Waals surface area contributed by atoms with Crippen LogP contribution in [0.25, 0.3) is 55.3 Å². The van der Waals surface area contributed by atoms with Crippen molar-refractivity contribution >= 4 is 27.8 Å². The molecular formula is C63H49N. The van der Waals surface area contributed by atoms with Crippen molar-refractivity contribution in [2.45, 2.75) is 31.6 Å². The minimum Gasteiger partial charge on any atom is -0.310 e. The zero-order valence-corrected chi connectivity index (χ0v) is 36.5. The van der Waals surface area contributed by atoms with E-state index in [1.807, 2.05) is 0 Å². The summed E-state index contributed by atoms with van der Waals surface area (Å²) < 4.78 is 0. The molecule has 0 bridgehead atoms. The zero-order valence-electron chi connectivity index (χ0n) is 36.5. The SMILES string of the molecule is CC(C)(C)c1ccc(N(c2ccc(-c3cccc4c3-c3ccccc3C4(c3ccccc3)c3ccccc3)cc2)c2ccccc2-c2cccc3cccc(-c4ccccc4)c23)cc1. The molecule has 0 N–H and O–H groups in total. The van der Waals surface area contributed by atoms with Crippen LogP contribution in [0.2, 0.25) is 0 Å². The molecule has 0 amide bonds. The Bertz CT molecular complexity index is 3220. The molecule has 1 aliphatic rings. The fourth-order valence-corrected chi connectivity index (χ4v) is 10.4. The first-order chi connectivity index (χ1) is 31.4. The maximum absolute atomic E-state index is 2.44. The smallest absolute Gasteiger partial charge is 0.0713 e. The number of anilines is 3. The second-order valence-electron chi connectivity index (χ2n) is 18.0. The van der Waals surface area contributed by atoms with Crippen molar-refractivity contribution in [2.75, 3.05) is 4.90 Å². The summed E-state index contributed by atoms with van der Waals surface area (Å²) in [7, 11) is 0. The van der Waals surface area contributed by atoms with Crippen LogP contribution >= 0.6 is 0 Å². The van der Waals surface area contributed by atoms with Crippen molar-refractivity contribution in [1.29, 1.82) is 0 Å². The van der Waals surface area contributed by atoms with E-state index < -0.39 is 5.41 Å². The third kappa shape index (κ3) is 6.47. The molecular weight excluding hydrogens is 771 g/mol. The third-order valence-electron chi connectivity index (χ3n) is 13.3. The molecule has 0 atom stereocenters. The average molecular weight is 820 g/mol. The first-order valence-electron chi connectivity index (χ1n) is 22.4. The number of hydrogen-bond donors (Lipinski definition) is 0. The van der Waals surface area contributed by atoms with E-state index in [9.17, 15) is 0 Å². The molecule has 10 aromatic rings. The molecule has 1 nitrogen and oxygen atoms in total. The van der Waals surface area contributed by atoms with Crippen molar-refractivity contribution in [2.24, 2.45) is 0 Å². The van der Waals surface area contributed by atoms with E-state index in [2.05, 4.69) is 268 Å². The molecule has 0 saturated heterocycles. The van der Waals surface area contributed by atoms with Gasteiger partial charge in [0, 0.05) is 16.9 Å². The predicted molar refractivity (Wildman–Crippen MR) is 271 cm³/mol. The zero-order chi connectivity index (χ0) is 43.3. The lowest BCUT2D eigenvalue weighted by Gasteiger charge is -2.34. The number of nitrogens with zero attached hydrogens (tertiary/aromatic N) is 1. The number of rotatable bonds is 8. The highest BCUT2D eigenvalue weighted by Crippen LogP contribution is 2.58. The summed E-state index contributed by atoms with van der Waals surface area (Å²) in [6.45, 7) is 6.84. The topological polar surface area (TPSA) is 3.24 Å². The number of fused-ring (bicyclic) bond motifs is 4. The summed E-state index contributed by atoms with van der Waals surface area (Å²) in [5, 5.41) is 2.47. The largest absolute Gasteiger partial charge is 0.310 e. The summed E-state index contributed by atoms with van der Waals surface area (Å²) in [5.74, 6) is 0. The second kappa shape index (κ2) is 15.9. The van der Waals surface area contributed by atoms with Gasteiger partial charge in [-0.25, -0.2) is 0 Å². The fourth-order valence-electron chi connectivity index (χ4n) is 10.4. The molecule has 64 heavy (non-hydrogen) atoms. The van der Waals surface area contributed by atoms with E-state index in [1.54, 1.807) is 0 Å². The Kier molecular flexibility index (Phi) is 9.70. The number of benzene rings is 10. The Morgan fingerprint density at radius 2 is 0.812 bits per heavy atom. The van der Waals surface area contributed by atoms with Gasteiger partial charge in [0.15, 0.2) is 0 Å². The van der Waals surface area contributed by atoms with E-state index in [0.717, 1.165) is 17.1 Å². The Balaban J connectivity index is 1.09. The van der Waals surface area contributed by atoms with E-state index in [-0.39, 0.29) is 5.41 Å². The summed E-state index contributed by atoms with van der Waals surface area (Å²) in [5.41, 5.74) is 19.2. The average Bonchev–Trinajstić information content (AvgIpc) is 3.66. The van der Waals surface area contributed by atoms with Gasteiger partial charge < -0.3 is 4.90 Å². The molecule has 1 aliphatic carbocycles. The summed E-state index contributed by atoms with van der Waals surface area (Å²) in [6.07, 6.45) is 0. The summed E-state index contributed by atoms with van der Waals surface area (Å²) in [6, 6.07) is 89.5. The maximum atomic E-state index is 2.44. The van der Waals surface area contributed by atoms with Gasteiger partial charge in [0.1, 0.15) is 0 Å². The lowest BCUT2D eigenvalue weighted by Crippen LogP contribution is -2.28. The van der Waals surface area contributed by atoms with Crippen LogP contribution in [-0.4, -0.2) is 0 Å². The van der Waals surface area contributed by atoms with Crippen molar-refractivity contribution in [3.05, 3.63) is 270 Å². The van der Waals surface area contributed by atoms with Crippen molar-refractivity contribution < 1.29 is 0 Å². The molecule has 306 valence electrons. The normalized spacial score (nSPS) is 12.7. The van der Waals surface area contributed by atoms with Crippen LogP contribution in [0, 0.1) is 0 Å². The van der Waals surface area contributed by atoms with Gasteiger partial charge in [-0.05, 0) is 113 Å². The van der Waals surface area contributed by atoms with E-state index in [0.29, 0.717) is 0 Å². The monoisotopic (exact) mass is 819 g/mol. The minimum absolute atomic E-state index is 0.0346. The molecule has 0 spiro atoms. The molecule has 0 fully saturated rings. The molecule has 1 heteroatoms. The molecule has 10 aromatic carbocycles. The van der Waals surface area contributed by atoms with Gasteiger partial charge in [0.2, 0.25) is 0 Å². The highest BCUT2D eigenvalue weighted by Gasteiger charge is 2.46. The summed E-state index contributed by atoms with van der Waals surface area (Å²) in [4.78, 5) is 2.44. The minimum atomic E-state index is -0.452. The quantitative estimate of drug-likeness (QED) is 0.148. The Labute approximate surface area is 377 Å². The number of hydrogen-bond acceptors (Lipinski definition) is 1. The van der Waals surface area contributed by atoms with Crippen LogP contribution in [0.5, 0.6) is 0 Å². The van der Waals surface area contributed by atoms with Crippen molar-refractivity contribution in [3.63, 3.8) is 0 Å². The van der Waals surface area contributed by atoms with Gasteiger partial charge in [-0.15, -0.1) is 0 Å². The maximum Gasteiger partial charge on any atom is 0.0713 e. The van der Waals surface area contributed by atoms with Gasteiger partial charge in [-0.2, -0.15) is 0 Å². The van der Waals surface area contributed by atoms with Crippen LogP contribution in [0.3, 0.4) is 0 Å². The molecule has 0 aromatic heterocycles. The Morgan fingerprint density at radius 1 is 0.344 bits per heavy atom.